The topological polar surface area (TPSA) is 72.5 Å². The minimum atomic E-state index is -0.173. The second-order valence-corrected chi connectivity index (χ2v) is 6.95. The number of amides is 2. The summed E-state index contributed by atoms with van der Waals surface area (Å²) >= 11 is 0. The summed E-state index contributed by atoms with van der Waals surface area (Å²) in [6.45, 7) is 1.85. The van der Waals surface area contributed by atoms with E-state index in [1.807, 2.05) is 48.5 Å². The van der Waals surface area contributed by atoms with Crippen molar-refractivity contribution in [3.63, 3.8) is 0 Å². The number of urea groups is 1. The molecular weight excluding hydrogens is 356 g/mol. The fraction of sp³-hybridized carbons (Fsp3) is 0.333. The van der Waals surface area contributed by atoms with Gasteiger partial charge in [-0.2, -0.15) is 5.10 Å². The molecule has 0 saturated carbocycles. The summed E-state index contributed by atoms with van der Waals surface area (Å²) < 4.78 is 12.8. The van der Waals surface area contributed by atoms with Crippen molar-refractivity contribution < 1.29 is 13.9 Å². The molecule has 1 aromatic carbocycles. The van der Waals surface area contributed by atoms with Crippen LogP contribution in [-0.4, -0.2) is 40.0 Å². The first-order valence-electron chi connectivity index (χ1n) is 9.48. The van der Waals surface area contributed by atoms with Crippen LogP contribution in [-0.2, 0) is 18.3 Å². The molecule has 4 rings (SSSR count). The van der Waals surface area contributed by atoms with Crippen LogP contribution in [0.25, 0.3) is 11.5 Å². The van der Waals surface area contributed by atoms with E-state index in [1.165, 1.54) is 0 Å². The number of aryl methyl sites for hydroxylation is 1. The van der Waals surface area contributed by atoms with Gasteiger partial charge in [-0.1, -0.05) is 30.3 Å². The van der Waals surface area contributed by atoms with Crippen LogP contribution < -0.4 is 5.32 Å². The van der Waals surface area contributed by atoms with Gasteiger partial charge in [0, 0.05) is 32.8 Å². The molecule has 28 heavy (non-hydrogen) atoms. The predicted molar refractivity (Wildman–Crippen MR) is 106 cm³/mol. The summed E-state index contributed by atoms with van der Waals surface area (Å²) in [5.41, 5.74) is 1.76. The number of nitrogens with zero attached hydrogens (tertiary/aromatic N) is 3. The molecule has 146 valence electrons. The van der Waals surface area contributed by atoms with Crippen LogP contribution in [0.3, 0.4) is 0 Å². The van der Waals surface area contributed by atoms with Crippen molar-refractivity contribution in [1.82, 2.24) is 14.7 Å². The van der Waals surface area contributed by atoms with Crippen molar-refractivity contribution in [2.75, 3.05) is 18.5 Å². The van der Waals surface area contributed by atoms with Gasteiger partial charge in [0.15, 0.2) is 5.76 Å². The number of benzene rings is 1. The molecule has 2 aromatic heterocycles. The Kier molecular flexibility index (Phi) is 5.43. The molecule has 0 bridgehead atoms. The highest BCUT2D eigenvalue weighted by Gasteiger charge is 2.24. The number of carbonyl (C=O) groups excluding carboxylic acids is 1. The summed E-state index contributed by atoms with van der Waals surface area (Å²) in [4.78, 5) is 14.8. The van der Waals surface area contributed by atoms with Crippen LogP contribution in [0, 0.1) is 0 Å². The van der Waals surface area contributed by atoms with Crippen LogP contribution in [0.5, 0.6) is 0 Å². The summed E-state index contributed by atoms with van der Waals surface area (Å²) in [6.07, 6.45) is 3.71. The Hall–Kier alpha value is -3.06. The molecule has 1 atom stereocenters. The van der Waals surface area contributed by atoms with Crippen LogP contribution in [0.4, 0.5) is 10.6 Å². The molecule has 3 heterocycles. The molecule has 2 amide bonds. The van der Waals surface area contributed by atoms with Gasteiger partial charge >= 0.3 is 6.03 Å². The average Bonchev–Trinajstić information content (AvgIpc) is 3.45. The molecule has 1 saturated heterocycles. The molecule has 0 spiro atoms. The van der Waals surface area contributed by atoms with Crippen molar-refractivity contribution in [1.29, 1.82) is 0 Å². The molecule has 7 heteroatoms. The second-order valence-electron chi connectivity index (χ2n) is 6.95. The molecule has 0 unspecified atom stereocenters. The van der Waals surface area contributed by atoms with E-state index in [2.05, 4.69) is 10.4 Å². The first-order chi connectivity index (χ1) is 13.7. The number of rotatable bonds is 6. The lowest BCUT2D eigenvalue weighted by atomic mass is 10.2. The van der Waals surface area contributed by atoms with Gasteiger partial charge in [0.2, 0.25) is 0 Å². The third-order valence-corrected chi connectivity index (χ3v) is 4.84. The van der Waals surface area contributed by atoms with E-state index in [0.29, 0.717) is 30.4 Å². The molecular formula is C21H24N4O3. The lowest BCUT2D eigenvalue weighted by molar-refractivity contribution is 0.0819. The van der Waals surface area contributed by atoms with E-state index in [1.54, 1.807) is 22.9 Å². The Labute approximate surface area is 163 Å². The molecule has 3 aromatic rings. The first-order valence-corrected chi connectivity index (χ1v) is 9.48. The molecule has 0 radical (unpaired) electrons. The van der Waals surface area contributed by atoms with Crippen molar-refractivity contribution in [3.8, 4) is 11.5 Å². The second kappa shape index (κ2) is 8.31. The van der Waals surface area contributed by atoms with Crippen LogP contribution in [0.1, 0.15) is 18.4 Å². The van der Waals surface area contributed by atoms with Gasteiger partial charge in [0.25, 0.3) is 0 Å². The molecule has 0 aliphatic carbocycles. The van der Waals surface area contributed by atoms with Crippen molar-refractivity contribution in [2.45, 2.75) is 25.5 Å². The van der Waals surface area contributed by atoms with E-state index in [0.717, 1.165) is 25.0 Å². The van der Waals surface area contributed by atoms with Crippen LogP contribution >= 0.6 is 0 Å². The number of hydrogen-bond donors (Lipinski definition) is 1. The fourth-order valence-electron chi connectivity index (χ4n) is 3.37. The molecule has 1 aliphatic heterocycles. The van der Waals surface area contributed by atoms with Gasteiger partial charge in [0.1, 0.15) is 11.5 Å². The van der Waals surface area contributed by atoms with Crippen molar-refractivity contribution >= 4 is 11.8 Å². The fourth-order valence-corrected chi connectivity index (χ4v) is 3.37. The standard InChI is InChI=1S/C21H24N4O3/c1-24-20(13-18(23-24)19-10-6-12-28-19)22-21(26)25(15-17-9-5-11-27-17)14-16-7-3-2-4-8-16/h2-4,6-8,10,12-13,17H,5,9,11,14-15H2,1H3,(H,22,26)/t17-/m1/s1. The lowest BCUT2D eigenvalue weighted by Crippen LogP contribution is -2.40. The average molecular weight is 380 g/mol. The van der Waals surface area contributed by atoms with E-state index in [-0.39, 0.29) is 12.1 Å². The molecule has 7 nitrogen and oxygen atoms in total. The van der Waals surface area contributed by atoms with E-state index in [4.69, 9.17) is 9.15 Å². The van der Waals surface area contributed by atoms with Gasteiger partial charge in [-0.05, 0) is 30.5 Å². The summed E-state index contributed by atoms with van der Waals surface area (Å²) in [6, 6.07) is 15.3. The number of anilines is 1. The summed E-state index contributed by atoms with van der Waals surface area (Å²) in [7, 11) is 1.80. The maximum absolute atomic E-state index is 13.0. The van der Waals surface area contributed by atoms with Gasteiger partial charge < -0.3 is 14.1 Å². The number of nitrogens with one attached hydrogen (secondary N) is 1. The van der Waals surface area contributed by atoms with Gasteiger partial charge in [-0.3, -0.25) is 10.00 Å². The van der Waals surface area contributed by atoms with Crippen molar-refractivity contribution in [3.05, 3.63) is 60.4 Å². The highest BCUT2D eigenvalue weighted by atomic mass is 16.5. The Balaban J connectivity index is 1.50. The Bertz CT molecular complexity index is 899. The Morgan fingerprint density at radius 3 is 2.86 bits per heavy atom. The molecule has 1 aliphatic rings. The molecule has 1 fully saturated rings. The van der Waals surface area contributed by atoms with Crippen LogP contribution in [0.2, 0.25) is 0 Å². The van der Waals surface area contributed by atoms with Gasteiger partial charge in [-0.25, -0.2) is 4.79 Å². The highest BCUT2D eigenvalue weighted by molar-refractivity contribution is 5.89. The van der Waals surface area contributed by atoms with E-state index < -0.39 is 0 Å². The number of hydrogen-bond acceptors (Lipinski definition) is 4. The summed E-state index contributed by atoms with van der Waals surface area (Å²) in [5, 5.41) is 7.39. The van der Waals surface area contributed by atoms with E-state index >= 15 is 0 Å². The van der Waals surface area contributed by atoms with E-state index in [9.17, 15) is 4.79 Å². The van der Waals surface area contributed by atoms with Crippen molar-refractivity contribution in [2.24, 2.45) is 7.05 Å². The Morgan fingerprint density at radius 2 is 2.14 bits per heavy atom. The first kappa shape index (κ1) is 18.3. The third kappa shape index (κ3) is 4.26. The number of ether oxygens (including phenoxy) is 1. The zero-order valence-electron chi connectivity index (χ0n) is 15.9. The SMILES string of the molecule is Cn1nc(-c2ccco2)cc1NC(=O)N(Cc1ccccc1)C[C@H]1CCCO1. The minimum absolute atomic E-state index is 0.0830. The quantitative estimate of drug-likeness (QED) is 0.704. The van der Waals surface area contributed by atoms with Gasteiger partial charge in [0.05, 0.1) is 12.4 Å². The molecule has 1 N–H and O–H groups in total. The number of aromatic nitrogens is 2. The predicted octanol–water partition coefficient (Wildman–Crippen LogP) is 3.89. The van der Waals surface area contributed by atoms with Crippen LogP contribution in [0.15, 0.2) is 59.2 Å². The zero-order valence-corrected chi connectivity index (χ0v) is 15.9. The van der Waals surface area contributed by atoms with Gasteiger partial charge in [-0.15, -0.1) is 0 Å². The maximum atomic E-state index is 13.0. The lowest BCUT2D eigenvalue weighted by Gasteiger charge is -2.25. The summed E-state index contributed by atoms with van der Waals surface area (Å²) in [5.74, 6) is 1.28. The highest BCUT2D eigenvalue weighted by Crippen LogP contribution is 2.22. The number of carbonyl (C=O) groups is 1. The normalized spacial score (nSPS) is 16.2. The zero-order chi connectivity index (χ0) is 19.3. The largest absolute Gasteiger partial charge is 0.463 e. The smallest absolute Gasteiger partial charge is 0.323 e. The third-order valence-electron chi connectivity index (χ3n) is 4.84. The monoisotopic (exact) mass is 380 g/mol. The number of furan rings is 1. The minimum Gasteiger partial charge on any atom is -0.463 e. The maximum Gasteiger partial charge on any atom is 0.323 e. The Morgan fingerprint density at radius 1 is 1.29 bits per heavy atom.